The van der Waals surface area contributed by atoms with Gasteiger partial charge < -0.3 is 0 Å². The summed E-state index contributed by atoms with van der Waals surface area (Å²) < 4.78 is 51.4. The lowest BCUT2D eigenvalue weighted by atomic mass is 9.98. The summed E-state index contributed by atoms with van der Waals surface area (Å²) in [6.07, 6.45) is -3.54. The Morgan fingerprint density at radius 3 is 2.33 bits per heavy atom. The number of hydrogen-bond acceptors (Lipinski definition) is 2. The highest BCUT2D eigenvalue weighted by Gasteiger charge is 2.34. The van der Waals surface area contributed by atoms with Crippen LogP contribution in [0.15, 0.2) is 24.5 Å². The second-order valence-corrected chi connectivity index (χ2v) is 5.13. The zero-order chi connectivity index (χ0) is 15.8. The molecule has 0 N–H and O–H groups in total. The standard InChI is InChI=1S/C14H11ClF4N2/c1-7(2)11-12(20-6-21-13(11)15)8-3-4-9(10(16)5-8)14(17,18)19/h3-7H,1-2H3. The molecule has 2 aromatic rings. The van der Waals surface area contributed by atoms with E-state index in [0.29, 0.717) is 17.3 Å². The molecule has 112 valence electrons. The van der Waals surface area contributed by atoms with Crippen molar-refractivity contribution in [1.29, 1.82) is 0 Å². The van der Waals surface area contributed by atoms with Crippen LogP contribution >= 0.6 is 11.6 Å². The number of rotatable bonds is 2. The molecule has 0 fully saturated rings. The van der Waals surface area contributed by atoms with E-state index in [0.717, 1.165) is 6.07 Å². The van der Waals surface area contributed by atoms with Gasteiger partial charge in [0.15, 0.2) is 0 Å². The lowest BCUT2D eigenvalue weighted by Crippen LogP contribution is -2.08. The first-order chi connectivity index (χ1) is 9.71. The maximum atomic E-state index is 13.7. The SMILES string of the molecule is CC(C)c1c(Cl)ncnc1-c1ccc(C(F)(F)F)c(F)c1. The maximum absolute atomic E-state index is 13.7. The molecule has 1 aromatic heterocycles. The molecule has 0 saturated heterocycles. The Morgan fingerprint density at radius 1 is 1.14 bits per heavy atom. The Hall–Kier alpha value is -1.69. The van der Waals surface area contributed by atoms with E-state index in [2.05, 4.69) is 9.97 Å². The van der Waals surface area contributed by atoms with Crippen LogP contribution in [0.1, 0.15) is 30.9 Å². The zero-order valence-electron chi connectivity index (χ0n) is 11.2. The summed E-state index contributed by atoms with van der Waals surface area (Å²) in [7, 11) is 0. The molecule has 1 aromatic carbocycles. The van der Waals surface area contributed by atoms with Crippen molar-refractivity contribution < 1.29 is 17.6 Å². The van der Waals surface area contributed by atoms with Crippen molar-refractivity contribution in [2.45, 2.75) is 25.9 Å². The molecule has 21 heavy (non-hydrogen) atoms. The highest BCUT2D eigenvalue weighted by atomic mass is 35.5. The Morgan fingerprint density at radius 2 is 1.81 bits per heavy atom. The van der Waals surface area contributed by atoms with E-state index in [1.54, 1.807) is 0 Å². The van der Waals surface area contributed by atoms with Gasteiger partial charge in [-0.25, -0.2) is 14.4 Å². The van der Waals surface area contributed by atoms with Crippen LogP contribution in [-0.4, -0.2) is 9.97 Å². The lowest BCUT2D eigenvalue weighted by molar-refractivity contribution is -0.139. The second-order valence-electron chi connectivity index (χ2n) is 4.77. The minimum absolute atomic E-state index is 0.0564. The molecular formula is C14H11ClF4N2. The molecule has 0 aliphatic rings. The lowest BCUT2D eigenvalue weighted by Gasteiger charge is -2.14. The predicted molar refractivity (Wildman–Crippen MR) is 71.5 cm³/mol. The van der Waals surface area contributed by atoms with E-state index in [1.165, 1.54) is 12.4 Å². The van der Waals surface area contributed by atoms with Gasteiger partial charge in [-0.1, -0.05) is 31.5 Å². The van der Waals surface area contributed by atoms with Gasteiger partial charge in [-0.05, 0) is 18.1 Å². The highest BCUT2D eigenvalue weighted by Crippen LogP contribution is 2.36. The van der Waals surface area contributed by atoms with Crippen LogP contribution in [0, 0.1) is 5.82 Å². The van der Waals surface area contributed by atoms with Gasteiger partial charge in [0.05, 0.1) is 11.3 Å². The first-order valence-corrected chi connectivity index (χ1v) is 6.47. The zero-order valence-corrected chi connectivity index (χ0v) is 11.9. The Kier molecular flexibility index (Phi) is 4.18. The molecule has 0 amide bonds. The second kappa shape index (κ2) is 5.60. The van der Waals surface area contributed by atoms with Crippen molar-refractivity contribution in [3.63, 3.8) is 0 Å². The Labute approximate surface area is 123 Å². The number of benzene rings is 1. The van der Waals surface area contributed by atoms with Crippen molar-refractivity contribution in [2.24, 2.45) is 0 Å². The molecule has 0 saturated carbocycles. The average molecular weight is 319 g/mol. The van der Waals surface area contributed by atoms with E-state index in [4.69, 9.17) is 11.6 Å². The van der Waals surface area contributed by atoms with Crippen LogP contribution in [-0.2, 0) is 6.18 Å². The van der Waals surface area contributed by atoms with Crippen LogP contribution < -0.4 is 0 Å². The third-order valence-corrected chi connectivity index (χ3v) is 3.26. The highest BCUT2D eigenvalue weighted by molar-refractivity contribution is 6.30. The molecule has 0 aliphatic carbocycles. The topological polar surface area (TPSA) is 25.8 Å². The summed E-state index contributed by atoms with van der Waals surface area (Å²) in [5, 5.41) is 0.204. The number of alkyl halides is 3. The predicted octanol–water partition coefficient (Wildman–Crippen LogP) is 5.08. The Bertz CT molecular complexity index is 669. The molecule has 2 nitrogen and oxygen atoms in total. The molecule has 0 unspecified atom stereocenters. The average Bonchev–Trinajstić information content (AvgIpc) is 2.36. The van der Waals surface area contributed by atoms with Gasteiger partial charge in [-0.2, -0.15) is 13.2 Å². The van der Waals surface area contributed by atoms with Crippen molar-refractivity contribution in [3.8, 4) is 11.3 Å². The first kappa shape index (κ1) is 15.7. The smallest absolute Gasteiger partial charge is 0.236 e. The van der Waals surface area contributed by atoms with Crippen molar-refractivity contribution in [1.82, 2.24) is 9.97 Å². The summed E-state index contributed by atoms with van der Waals surface area (Å²) in [5.74, 6) is -1.40. The molecule has 2 rings (SSSR count). The normalized spacial score (nSPS) is 12.0. The van der Waals surface area contributed by atoms with Crippen LogP contribution in [0.2, 0.25) is 5.15 Å². The molecule has 1 heterocycles. The summed E-state index contributed by atoms with van der Waals surface area (Å²) in [5.41, 5.74) is -0.179. The summed E-state index contributed by atoms with van der Waals surface area (Å²) in [6.45, 7) is 3.68. The summed E-state index contributed by atoms with van der Waals surface area (Å²) in [6, 6.07) is 2.69. The molecule has 0 radical (unpaired) electrons. The minimum atomic E-state index is -4.73. The van der Waals surface area contributed by atoms with E-state index in [-0.39, 0.29) is 16.6 Å². The Balaban J connectivity index is 2.59. The third-order valence-electron chi connectivity index (χ3n) is 2.96. The van der Waals surface area contributed by atoms with Gasteiger partial charge in [0.1, 0.15) is 17.3 Å². The monoisotopic (exact) mass is 318 g/mol. The number of aromatic nitrogens is 2. The van der Waals surface area contributed by atoms with Crippen molar-refractivity contribution in [3.05, 3.63) is 46.6 Å². The largest absolute Gasteiger partial charge is 0.419 e. The molecule has 0 atom stereocenters. The van der Waals surface area contributed by atoms with E-state index in [1.807, 2.05) is 13.8 Å². The summed E-state index contributed by atoms with van der Waals surface area (Å²) in [4.78, 5) is 7.87. The fourth-order valence-corrected chi connectivity index (χ4v) is 2.36. The summed E-state index contributed by atoms with van der Waals surface area (Å²) >= 11 is 5.99. The van der Waals surface area contributed by atoms with E-state index >= 15 is 0 Å². The van der Waals surface area contributed by atoms with Gasteiger partial charge in [-0.3, -0.25) is 0 Å². The molecule has 0 spiro atoms. The minimum Gasteiger partial charge on any atom is -0.236 e. The van der Waals surface area contributed by atoms with Crippen molar-refractivity contribution in [2.75, 3.05) is 0 Å². The van der Waals surface area contributed by atoms with Gasteiger partial charge in [0, 0.05) is 11.1 Å². The first-order valence-electron chi connectivity index (χ1n) is 6.09. The number of nitrogens with zero attached hydrogens (tertiary/aromatic N) is 2. The maximum Gasteiger partial charge on any atom is 0.419 e. The van der Waals surface area contributed by atoms with Crippen LogP contribution in [0.5, 0.6) is 0 Å². The fourth-order valence-electron chi connectivity index (χ4n) is 2.01. The van der Waals surface area contributed by atoms with Gasteiger partial charge in [-0.15, -0.1) is 0 Å². The van der Waals surface area contributed by atoms with Crippen LogP contribution in [0.25, 0.3) is 11.3 Å². The van der Waals surface area contributed by atoms with Crippen LogP contribution in [0.3, 0.4) is 0 Å². The number of hydrogen-bond donors (Lipinski definition) is 0. The van der Waals surface area contributed by atoms with E-state index < -0.39 is 17.6 Å². The molecular weight excluding hydrogens is 308 g/mol. The van der Waals surface area contributed by atoms with Crippen LogP contribution in [0.4, 0.5) is 17.6 Å². The van der Waals surface area contributed by atoms with Gasteiger partial charge in [0.25, 0.3) is 0 Å². The van der Waals surface area contributed by atoms with Crippen molar-refractivity contribution >= 4 is 11.6 Å². The third kappa shape index (κ3) is 3.15. The van der Waals surface area contributed by atoms with E-state index in [9.17, 15) is 17.6 Å². The molecule has 7 heteroatoms. The molecule has 0 bridgehead atoms. The molecule has 0 aliphatic heterocycles. The van der Waals surface area contributed by atoms with Gasteiger partial charge in [0.2, 0.25) is 0 Å². The van der Waals surface area contributed by atoms with Gasteiger partial charge >= 0.3 is 6.18 Å². The number of halogens is 5. The quantitative estimate of drug-likeness (QED) is 0.570. The fraction of sp³-hybridized carbons (Fsp3) is 0.286.